The maximum atomic E-state index is 6.16. The Hall–Kier alpha value is -0.430. The van der Waals surface area contributed by atoms with Crippen molar-refractivity contribution in [1.82, 2.24) is 9.97 Å². The number of aromatic nitrogens is 2. The van der Waals surface area contributed by atoms with Gasteiger partial charge in [0, 0.05) is 12.5 Å². The Balaban J connectivity index is 2.54. The Labute approximate surface area is 141 Å². The van der Waals surface area contributed by atoms with Gasteiger partial charge in [0.15, 0.2) is 5.82 Å². The van der Waals surface area contributed by atoms with Gasteiger partial charge in [-0.3, -0.25) is 0 Å². The van der Waals surface area contributed by atoms with Crippen LogP contribution in [0.15, 0.2) is 0 Å². The van der Waals surface area contributed by atoms with Crippen LogP contribution in [0.25, 0.3) is 0 Å². The molecule has 0 saturated heterocycles. The van der Waals surface area contributed by atoms with Gasteiger partial charge in [-0.2, -0.15) is 0 Å². The molecule has 0 spiro atoms. The predicted molar refractivity (Wildman–Crippen MR) is 94.3 cm³/mol. The molecule has 1 aliphatic rings. The Morgan fingerprint density at radius 2 is 1.67 bits per heavy atom. The minimum atomic E-state index is -0.366. The predicted octanol–water partition coefficient (Wildman–Crippen LogP) is 4.16. The number of hydrogen-bond donors (Lipinski definition) is 1. The van der Waals surface area contributed by atoms with Crippen molar-refractivity contribution in [1.29, 1.82) is 0 Å². The summed E-state index contributed by atoms with van der Waals surface area (Å²) >= 11 is 2.25. The van der Waals surface area contributed by atoms with Crippen LogP contribution in [0.3, 0.4) is 0 Å². The molecule has 1 fully saturated rings. The van der Waals surface area contributed by atoms with Gasteiger partial charge in [-0.25, -0.2) is 9.97 Å². The maximum Gasteiger partial charge on any atom is 0.162 e. The molecule has 0 aromatic carbocycles. The molecule has 118 valence electrons. The third kappa shape index (κ3) is 3.50. The largest absolute Gasteiger partial charge is 0.383 e. The molecule has 0 unspecified atom stereocenters. The van der Waals surface area contributed by atoms with Crippen molar-refractivity contribution in [2.24, 2.45) is 0 Å². The zero-order chi connectivity index (χ0) is 15.7. The number of ether oxygens (including phenoxy) is 1. The second-order valence-corrected chi connectivity index (χ2v) is 8.04. The van der Waals surface area contributed by atoms with E-state index in [-0.39, 0.29) is 11.0 Å². The topological polar surface area (TPSA) is 61.0 Å². The highest BCUT2D eigenvalue weighted by Gasteiger charge is 2.37. The molecular formula is C16H26IN3O. The Morgan fingerprint density at radius 3 is 2.14 bits per heavy atom. The van der Waals surface area contributed by atoms with Gasteiger partial charge in [0.2, 0.25) is 0 Å². The molecular weight excluding hydrogens is 377 g/mol. The molecule has 1 aromatic rings. The molecule has 1 heterocycles. The Morgan fingerprint density at radius 1 is 1.10 bits per heavy atom. The summed E-state index contributed by atoms with van der Waals surface area (Å²) in [5, 5.41) is 0. The lowest BCUT2D eigenvalue weighted by atomic mass is 9.89. The first kappa shape index (κ1) is 16.9. The third-order valence-electron chi connectivity index (χ3n) is 4.30. The quantitative estimate of drug-likeness (QED) is 0.595. The zero-order valence-corrected chi connectivity index (χ0v) is 15.7. The first-order valence-electron chi connectivity index (χ1n) is 7.69. The van der Waals surface area contributed by atoms with Crippen LogP contribution < -0.4 is 5.73 Å². The molecule has 0 radical (unpaired) electrons. The van der Waals surface area contributed by atoms with Crippen LogP contribution in [0.2, 0.25) is 0 Å². The fourth-order valence-corrected chi connectivity index (χ4v) is 4.03. The van der Waals surface area contributed by atoms with Crippen molar-refractivity contribution in [3.05, 3.63) is 15.1 Å². The maximum absolute atomic E-state index is 6.16. The van der Waals surface area contributed by atoms with Crippen LogP contribution in [0.1, 0.15) is 70.8 Å². The fourth-order valence-electron chi connectivity index (χ4n) is 2.98. The first-order chi connectivity index (χ1) is 9.80. The Kier molecular flexibility index (Phi) is 5.13. The summed E-state index contributed by atoms with van der Waals surface area (Å²) < 4.78 is 6.89. The van der Waals surface area contributed by atoms with Crippen LogP contribution in [0.4, 0.5) is 5.82 Å². The molecule has 2 N–H and O–H groups in total. The molecule has 0 atom stereocenters. The van der Waals surface area contributed by atoms with E-state index in [9.17, 15) is 0 Å². The monoisotopic (exact) mass is 403 g/mol. The van der Waals surface area contributed by atoms with Crippen molar-refractivity contribution in [3.8, 4) is 0 Å². The van der Waals surface area contributed by atoms with Crippen molar-refractivity contribution >= 4 is 28.4 Å². The second kappa shape index (κ2) is 6.36. The molecule has 4 nitrogen and oxygen atoms in total. The first-order valence-corrected chi connectivity index (χ1v) is 8.77. The van der Waals surface area contributed by atoms with Gasteiger partial charge < -0.3 is 10.5 Å². The normalized spacial score (nSPS) is 19.3. The molecule has 1 aromatic heterocycles. The number of nitrogens with zero attached hydrogens (tertiary/aromatic N) is 2. The van der Waals surface area contributed by atoms with Gasteiger partial charge in [0.1, 0.15) is 11.4 Å². The summed E-state index contributed by atoms with van der Waals surface area (Å²) in [4.78, 5) is 9.48. The summed E-state index contributed by atoms with van der Waals surface area (Å²) in [5.41, 5.74) is 6.76. The summed E-state index contributed by atoms with van der Waals surface area (Å²) in [7, 11) is 1.78. The van der Waals surface area contributed by atoms with Crippen LogP contribution >= 0.6 is 22.6 Å². The number of anilines is 1. The minimum Gasteiger partial charge on any atom is -0.383 e. The number of halogens is 1. The van der Waals surface area contributed by atoms with Gasteiger partial charge in [-0.15, -0.1) is 0 Å². The number of nitrogen functional groups attached to an aromatic ring is 1. The van der Waals surface area contributed by atoms with E-state index in [1.54, 1.807) is 7.11 Å². The molecule has 1 aliphatic carbocycles. The smallest absolute Gasteiger partial charge is 0.162 e. The van der Waals surface area contributed by atoms with E-state index >= 15 is 0 Å². The van der Waals surface area contributed by atoms with Crippen LogP contribution in [0, 0.1) is 3.57 Å². The number of nitrogens with two attached hydrogens (primary N) is 1. The number of rotatable bonds is 2. The van der Waals surface area contributed by atoms with E-state index in [4.69, 9.17) is 15.5 Å². The average molecular weight is 403 g/mol. The van der Waals surface area contributed by atoms with Gasteiger partial charge in [0.25, 0.3) is 0 Å². The molecule has 0 bridgehead atoms. The standard InChI is InChI=1S/C16H26IN3O/c1-15(2,3)12-11(17)13(18)20-14(19-12)16(21-4)9-7-5-6-8-10-16/h5-10H2,1-4H3,(H2,18,19,20). The van der Waals surface area contributed by atoms with Crippen molar-refractivity contribution in [2.45, 2.75) is 70.3 Å². The SMILES string of the molecule is COC1(c2nc(N)c(I)c(C(C)(C)C)n2)CCCCCC1. The highest BCUT2D eigenvalue weighted by Crippen LogP contribution is 2.39. The second-order valence-electron chi connectivity index (χ2n) is 6.96. The van der Waals surface area contributed by atoms with E-state index in [1.807, 2.05) is 0 Å². The number of methoxy groups -OCH3 is 1. The zero-order valence-electron chi connectivity index (χ0n) is 13.5. The molecule has 2 rings (SSSR count). The van der Waals surface area contributed by atoms with Crippen molar-refractivity contribution in [2.75, 3.05) is 12.8 Å². The van der Waals surface area contributed by atoms with E-state index in [0.29, 0.717) is 5.82 Å². The van der Waals surface area contributed by atoms with Crippen LogP contribution in [-0.2, 0) is 15.8 Å². The molecule has 0 amide bonds. The Bertz CT molecular complexity index is 503. The van der Waals surface area contributed by atoms with Crippen LogP contribution in [0.5, 0.6) is 0 Å². The average Bonchev–Trinajstić information content (AvgIpc) is 2.66. The molecule has 1 saturated carbocycles. The fraction of sp³-hybridized carbons (Fsp3) is 0.750. The van der Waals surface area contributed by atoms with E-state index < -0.39 is 0 Å². The van der Waals surface area contributed by atoms with Gasteiger partial charge in [-0.05, 0) is 35.4 Å². The summed E-state index contributed by atoms with van der Waals surface area (Å²) in [6.07, 6.45) is 6.80. The van der Waals surface area contributed by atoms with E-state index in [0.717, 1.165) is 40.8 Å². The molecule has 5 heteroatoms. The van der Waals surface area contributed by atoms with E-state index in [1.165, 1.54) is 12.8 Å². The summed E-state index contributed by atoms with van der Waals surface area (Å²) in [6.45, 7) is 6.48. The number of hydrogen-bond acceptors (Lipinski definition) is 4. The lowest BCUT2D eigenvalue weighted by Gasteiger charge is -2.31. The lowest BCUT2D eigenvalue weighted by Crippen LogP contribution is -2.32. The highest BCUT2D eigenvalue weighted by molar-refractivity contribution is 14.1. The van der Waals surface area contributed by atoms with Gasteiger partial charge in [-0.1, -0.05) is 46.5 Å². The molecule has 21 heavy (non-hydrogen) atoms. The summed E-state index contributed by atoms with van der Waals surface area (Å²) in [5.74, 6) is 1.35. The minimum absolute atomic E-state index is 0.0536. The van der Waals surface area contributed by atoms with Gasteiger partial charge >= 0.3 is 0 Å². The lowest BCUT2D eigenvalue weighted by molar-refractivity contribution is -0.0353. The van der Waals surface area contributed by atoms with Crippen LogP contribution in [-0.4, -0.2) is 17.1 Å². The summed E-state index contributed by atoms with van der Waals surface area (Å²) in [6, 6.07) is 0. The van der Waals surface area contributed by atoms with Crippen molar-refractivity contribution < 1.29 is 4.74 Å². The third-order valence-corrected chi connectivity index (χ3v) is 5.36. The van der Waals surface area contributed by atoms with E-state index in [2.05, 4.69) is 48.3 Å². The molecule has 0 aliphatic heterocycles. The van der Waals surface area contributed by atoms with Crippen molar-refractivity contribution in [3.63, 3.8) is 0 Å². The highest BCUT2D eigenvalue weighted by atomic mass is 127. The van der Waals surface area contributed by atoms with Gasteiger partial charge in [0.05, 0.1) is 9.26 Å².